The number of carbonyl (C=O) groups is 2. The summed E-state index contributed by atoms with van der Waals surface area (Å²) in [5.74, 6) is -1.78. The molecule has 0 unspecified atom stereocenters. The zero-order valence-electron chi connectivity index (χ0n) is 9.04. The van der Waals surface area contributed by atoms with Gasteiger partial charge in [-0.25, -0.2) is 4.98 Å². The van der Waals surface area contributed by atoms with E-state index in [0.717, 1.165) is 0 Å². The summed E-state index contributed by atoms with van der Waals surface area (Å²) in [6.07, 6.45) is -0.176. The molecule has 0 fully saturated rings. The predicted octanol–water partition coefficient (Wildman–Crippen LogP) is 0.470. The average Bonchev–Trinajstić information content (AvgIpc) is 2.73. The highest BCUT2D eigenvalue weighted by molar-refractivity contribution is 5.92. The summed E-state index contributed by atoms with van der Waals surface area (Å²) < 4.78 is 0. The van der Waals surface area contributed by atoms with Gasteiger partial charge >= 0.3 is 11.8 Å². The van der Waals surface area contributed by atoms with E-state index in [2.05, 4.69) is 4.98 Å². The first-order valence-electron chi connectivity index (χ1n) is 4.72. The van der Waals surface area contributed by atoms with E-state index < -0.39 is 16.8 Å². The van der Waals surface area contributed by atoms with E-state index in [0.29, 0.717) is 0 Å². The minimum absolute atomic E-state index is 0.0426. The Morgan fingerprint density at radius 2 is 2.18 bits per heavy atom. The fourth-order valence-corrected chi connectivity index (χ4v) is 1.19. The first kappa shape index (κ1) is 12.7. The number of nitrogens with zero attached hydrogens (tertiary/aromatic N) is 2. The van der Waals surface area contributed by atoms with Gasteiger partial charge in [0.2, 0.25) is 0 Å². The number of aliphatic carboxylic acids is 1. The third-order valence-corrected chi connectivity index (χ3v) is 2.11. The summed E-state index contributed by atoms with van der Waals surface area (Å²) in [6.45, 7) is 0.0426. The predicted molar refractivity (Wildman–Crippen MR) is 56.7 cm³/mol. The number of aromatic nitrogens is 1. The van der Waals surface area contributed by atoms with Crippen LogP contribution in [0.25, 0.3) is 0 Å². The zero-order valence-corrected chi connectivity index (χ0v) is 9.04. The molecule has 17 heavy (non-hydrogen) atoms. The van der Waals surface area contributed by atoms with Crippen LogP contribution in [0.1, 0.15) is 16.9 Å². The molecule has 1 amide bonds. The number of carbonyl (C=O) groups excluding carboxylic acids is 1. The van der Waals surface area contributed by atoms with Gasteiger partial charge in [0.25, 0.3) is 5.91 Å². The number of hydrogen-bond acceptors (Lipinski definition) is 4. The van der Waals surface area contributed by atoms with Crippen molar-refractivity contribution in [1.82, 2.24) is 9.88 Å². The van der Waals surface area contributed by atoms with Crippen molar-refractivity contribution in [3.05, 3.63) is 27.9 Å². The molecule has 8 nitrogen and oxygen atoms in total. The van der Waals surface area contributed by atoms with E-state index in [-0.39, 0.29) is 24.5 Å². The molecule has 0 aliphatic carbocycles. The van der Waals surface area contributed by atoms with Crippen molar-refractivity contribution < 1.29 is 19.6 Å². The molecular formula is C9H11N3O5. The number of hydrogen-bond donors (Lipinski definition) is 2. The molecule has 1 rings (SSSR count). The Morgan fingerprint density at radius 3 is 2.65 bits per heavy atom. The molecule has 0 saturated heterocycles. The van der Waals surface area contributed by atoms with Gasteiger partial charge in [-0.3, -0.25) is 9.59 Å². The Hall–Kier alpha value is -2.38. The maximum absolute atomic E-state index is 11.7. The lowest BCUT2D eigenvalue weighted by Gasteiger charge is -2.13. The van der Waals surface area contributed by atoms with Crippen LogP contribution in [-0.2, 0) is 4.79 Å². The van der Waals surface area contributed by atoms with Gasteiger partial charge in [-0.1, -0.05) is 0 Å². The normalized spacial score (nSPS) is 9.94. The van der Waals surface area contributed by atoms with Crippen LogP contribution >= 0.6 is 0 Å². The summed E-state index contributed by atoms with van der Waals surface area (Å²) in [7, 11) is 1.43. The molecule has 1 heterocycles. The highest BCUT2D eigenvalue weighted by Gasteiger charge is 2.19. The SMILES string of the molecule is CN(CCC(=O)O)C(=O)c1ccc([N+](=O)[O-])[nH]1. The molecule has 2 N–H and O–H groups in total. The zero-order chi connectivity index (χ0) is 13.0. The van der Waals surface area contributed by atoms with Gasteiger partial charge in [-0.05, 0) is 11.0 Å². The van der Waals surface area contributed by atoms with Crippen molar-refractivity contribution in [2.24, 2.45) is 0 Å². The first-order chi connectivity index (χ1) is 7.91. The Labute approximate surface area is 96.0 Å². The van der Waals surface area contributed by atoms with Gasteiger partial charge < -0.3 is 20.1 Å². The molecule has 0 aliphatic heterocycles. The molecular weight excluding hydrogens is 230 g/mol. The molecule has 0 aromatic carbocycles. The van der Waals surface area contributed by atoms with Crippen LogP contribution in [0.4, 0.5) is 5.82 Å². The van der Waals surface area contributed by atoms with E-state index in [1.165, 1.54) is 24.1 Å². The lowest BCUT2D eigenvalue weighted by atomic mass is 10.3. The van der Waals surface area contributed by atoms with Gasteiger partial charge in [-0.2, -0.15) is 0 Å². The topological polar surface area (TPSA) is 117 Å². The molecule has 0 radical (unpaired) electrons. The number of H-pyrrole nitrogens is 1. The standard InChI is InChI=1S/C9H11N3O5/c1-11(5-4-8(13)14)9(15)6-2-3-7(10-6)12(16)17/h2-3,10H,4-5H2,1H3,(H,13,14). The number of rotatable bonds is 5. The number of carboxylic acids is 1. The van der Waals surface area contributed by atoms with E-state index in [1.54, 1.807) is 0 Å². The van der Waals surface area contributed by atoms with E-state index in [4.69, 9.17) is 5.11 Å². The van der Waals surface area contributed by atoms with Crippen molar-refractivity contribution in [3.8, 4) is 0 Å². The average molecular weight is 241 g/mol. The number of carboxylic acid groups (broad SMARTS) is 1. The molecule has 92 valence electrons. The van der Waals surface area contributed by atoms with Gasteiger partial charge in [0.15, 0.2) is 5.69 Å². The van der Waals surface area contributed by atoms with Crippen molar-refractivity contribution in [3.63, 3.8) is 0 Å². The second-order valence-corrected chi connectivity index (χ2v) is 3.38. The number of aromatic amines is 1. The summed E-state index contributed by atoms with van der Waals surface area (Å²) in [4.78, 5) is 35.3. The lowest BCUT2D eigenvalue weighted by molar-refractivity contribution is -0.389. The van der Waals surface area contributed by atoms with Crippen LogP contribution in [0.3, 0.4) is 0 Å². The van der Waals surface area contributed by atoms with Crippen LogP contribution in [0.2, 0.25) is 0 Å². The third kappa shape index (κ3) is 3.30. The lowest BCUT2D eigenvalue weighted by Crippen LogP contribution is -2.29. The Balaban J connectivity index is 2.68. The van der Waals surface area contributed by atoms with Crippen LogP contribution in [-0.4, -0.2) is 45.4 Å². The van der Waals surface area contributed by atoms with E-state index in [9.17, 15) is 19.7 Å². The molecule has 0 spiro atoms. The first-order valence-corrected chi connectivity index (χ1v) is 4.72. The van der Waals surface area contributed by atoms with Gasteiger partial charge in [0, 0.05) is 19.7 Å². The summed E-state index contributed by atoms with van der Waals surface area (Å²) in [5, 5.41) is 18.8. The van der Waals surface area contributed by atoms with Crippen LogP contribution in [0.15, 0.2) is 12.1 Å². The minimum atomic E-state index is -1.01. The van der Waals surface area contributed by atoms with E-state index >= 15 is 0 Å². The molecule has 1 aromatic rings. The van der Waals surface area contributed by atoms with Crippen LogP contribution < -0.4 is 0 Å². The monoisotopic (exact) mass is 241 g/mol. The van der Waals surface area contributed by atoms with Crippen molar-refractivity contribution in [2.45, 2.75) is 6.42 Å². The van der Waals surface area contributed by atoms with Crippen molar-refractivity contribution in [2.75, 3.05) is 13.6 Å². The maximum Gasteiger partial charge on any atom is 0.321 e. The second kappa shape index (κ2) is 5.10. The third-order valence-electron chi connectivity index (χ3n) is 2.11. The Morgan fingerprint density at radius 1 is 1.53 bits per heavy atom. The molecule has 0 saturated carbocycles. The maximum atomic E-state index is 11.7. The molecule has 1 aromatic heterocycles. The number of nitrogens with one attached hydrogen (secondary N) is 1. The van der Waals surface area contributed by atoms with Crippen LogP contribution in [0, 0.1) is 10.1 Å². The van der Waals surface area contributed by atoms with E-state index in [1.807, 2.05) is 0 Å². The Kier molecular flexibility index (Phi) is 3.81. The largest absolute Gasteiger partial charge is 0.481 e. The highest BCUT2D eigenvalue weighted by atomic mass is 16.6. The summed E-state index contributed by atoms with van der Waals surface area (Å²) in [5.41, 5.74) is 0.0598. The fourth-order valence-electron chi connectivity index (χ4n) is 1.19. The highest BCUT2D eigenvalue weighted by Crippen LogP contribution is 2.11. The summed E-state index contributed by atoms with van der Waals surface area (Å²) >= 11 is 0. The van der Waals surface area contributed by atoms with Crippen molar-refractivity contribution >= 4 is 17.7 Å². The molecule has 8 heteroatoms. The molecule has 0 atom stereocenters. The van der Waals surface area contributed by atoms with Gasteiger partial charge in [-0.15, -0.1) is 0 Å². The minimum Gasteiger partial charge on any atom is -0.481 e. The molecule has 0 bridgehead atoms. The summed E-state index contributed by atoms with van der Waals surface area (Å²) in [6, 6.07) is 2.47. The smallest absolute Gasteiger partial charge is 0.321 e. The second-order valence-electron chi connectivity index (χ2n) is 3.38. The number of nitro groups is 1. The van der Waals surface area contributed by atoms with Crippen LogP contribution in [0.5, 0.6) is 0 Å². The van der Waals surface area contributed by atoms with Crippen molar-refractivity contribution in [1.29, 1.82) is 0 Å². The number of amides is 1. The quantitative estimate of drug-likeness (QED) is 0.574. The Bertz CT molecular complexity index is 453. The van der Waals surface area contributed by atoms with Gasteiger partial charge in [0.05, 0.1) is 6.42 Å². The molecule has 0 aliphatic rings. The fraction of sp³-hybridized carbons (Fsp3) is 0.333. The van der Waals surface area contributed by atoms with Gasteiger partial charge in [0.1, 0.15) is 0 Å².